The van der Waals surface area contributed by atoms with E-state index in [0.717, 1.165) is 14.5 Å². The summed E-state index contributed by atoms with van der Waals surface area (Å²) < 4.78 is 34.3. The third-order valence-electron chi connectivity index (χ3n) is 2.84. The molecular weight excluding hydrogens is 422 g/mol. The van der Waals surface area contributed by atoms with E-state index in [0.29, 0.717) is 11.4 Å². The van der Waals surface area contributed by atoms with Crippen LogP contribution in [0, 0.1) is 6.92 Å². The van der Waals surface area contributed by atoms with E-state index in [2.05, 4.69) is 36.6 Å². The average Bonchev–Trinajstić information content (AvgIpc) is 2.42. The van der Waals surface area contributed by atoms with Gasteiger partial charge >= 0.3 is 0 Å². The van der Waals surface area contributed by atoms with Gasteiger partial charge in [-0.1, -0.05) is 31.9 Å². The maximum atomic E-state index is 12.4. The summed E-state index contributed by atoms with van der Waals surface area (Å²) in [5.74, 6) is 0.461. The second kappa shape index (κ2) is 6.37. The van der Waals surface area contributed by atoms with E-state index in [4.69, 9.17) is 4.74 Å². The molecule has 0 aromatic heterocycles. The normalized spacial score (nSPS) is 11.2. The van der Waals surface area contributed by atoms with Gasteiger partial charge in [-0.05, 0) is 48.9 Å². The van der Waals surface area contributed by atoms with Crippen molar-refractivity contribution in [1.82, 2.24) is 0 Å². The van der Waals surface area contributed by atoms with Crippen LogP contribution in [0.25, 0.3) is 0 Å². The quantitative estimate of drug-likeness (QED) is 0.778. The molecule has 0 aliphatic carbocycles. The predicted octanol–water partition coefficient (Wildman–Crippen LogP) is 4.33. The summed E-state index contributed by atoms with van der Waals surface area (Å²) in [6.07, 6.45) is 0. The Hall–Kier alpha value is -1.05. The lowest BCUT2D eigenvalue weighted by atomic mass is 10.2. The van der Waals surface area contributed by atoms with Crippen molar-refractivity contribution in [3.05, 3.63) is 50.9 Å². The van der Waals surface area contributed by atoms with Crippen LogP contribution in [0.2, 0.25) is 0 Å². The summed E-state index contributed by atoms with van der Waals surface area (Å²) in [7, 11) is -2.17. The van der Waals surface area contributed by atoms with Crippen LogP contribution in [0.5, 0.6) is 5.75 Å². The van der Waals surface area contributed by atoms with Crippen molar-refractivity contribution in [2.75, 3.05) is 11.8 Å². The summed E-state index contributed by atoms with van der Waals surface area (Å²) in [6, 6.07) is 9.97. The number of aryl methyl sites for hydroxylation is 1. The highest BCUT2D eigenvalue weighted by molar-refractivity contribution is 9.10. The van der Waals surface area contributed by atoms with Gasteiger partial charge < -0.3 is 4.74 Å². The number of methoxy groups -OCH3 is 1. The maximum absolute atomic E-state index is 12.4. The number of hydrogen-bond donors (Lipinski definition) is 1. The van der Waals surface area contributed by atoms with Crippen LogP contribution in [0.3, 0.4) is 0 Å². The Kier molecular flexibility index (Phi) is 4.95. The molecule has 0 bridgehead atoms. The van der Waals surface area contributed by atoms with Crippen molar-refractivity contribution < 1.29 is 13.2 Å². The molecule has 0 radical (unpaired) electrons. The molecule has 2 rings (SSSR count). The number of rotatable bonds is 4. The fourth-order valence-corrected chi connectivity index (χ4v) is 3.77. The van der Waals surface area contributed by atoms with Gasteiger partial charge in [0.05, 0.1) is 17.7 Å². The highest BCUT2D eigenvalue weighted by atomic mass is 79.9. The van der Waals surface area contributed by atoms with Crippen molar-refractivity contribution >= 4 is 47.6 Å². The number of nitrogens with one attached hydrogen (secondary N) is 1. The SMILES string of the molecule is COc1cc(Br)cc(C)c1NS(=O)(=O)c1ccc(Br)cc1. The average molecular weight is 435 g/mol. The van der Waals surface area contributed by atoms with E-state index >= 15 is 0 Å². The Morgan fingerprint density at radius 1 is 1.05 bits per heavy atom. The Labute approximate surface area is 140 Å². The smallest absolute Gasteiger partial charge is 0.262 e. The molecule has 0 heterocycles. The molecule has 7 heteroatoms. The van der Waals surface area contributed by atoms with Crippen molar-refractivity contribution in [2.45, 2.75) is 11.8 Å². The molecule has 0 saturated heterocycles. The summed E-state index contributed by atoms with van der Waals surface area (Å²) in [6.45, 7) is 1.81. The number of halogens is 2. The van der Waals surface area contributed by atoms with Gasteiger partial charge in [0, 0.05) is 8.95 Å². The van der Waals surface area contributed by atoms with E-state index in [1.54, 1.807) is 18.2 Å². The molecule has 0 unspecified atom stereocenters. The highest BCUT2D eigenvalue weighted by Gasteiger charge is 2.18. The number of hydrogen-bond acceptors (Lipinski definition) is 3. The Balaban J connectivity index is 2.44. The monoisotopic (exact) mass is 433 g/mol. The van der Waals surface area contributed by atoms with E-state index in [-0.39, 0.29) is 4.90 Å². The Morgan fingerprint density at radius 2 is 1.67 bits per heavy atom. The van der Waals surface area contributed by atoms with Gasteiger partial charge in [-0.2, -0.15) is 0 Å². The van der Waals surface area contributed by atoms with Gasteiger partial charge in [-0.25, -0.2) is 8.42 Å². The second-order valence-electron chi connectivity index (χ2n) is 4.36. The van der Waals surface area contributed by atoms with Crippen molar-refractivity contribution in [3.8, 4) is 5.75 Å². The first-order chi connectivity index (χ1) is 9.83. The molecule has 2 aromatic rings. The van der Waals surface area contributed by atoms with Gasteiger partial charge in [0.15, 0.2) is 0 Å². The van der Waals surface area contributed by atoms with Crippen LogP contribution in [0.15, 0.2) is 50.2 Å². The molecule has 2 aromatic carbocycles. The van der Waals surface area contributed by atoms with Crippen molar-refractivity contribution in [3.63, 3.8) is 0 Å². The van der Waals surface area contributed by atoms with Crippen LogP contribution in [0.4, 0.5) is 5.69 Å². The van der Waals surface area contributed by atoms with Gasteiger partial charge in [0.1, 0.15) is 5.75 Å². The Morgan fingerprint density at radius 3 is 2.24 bits per heavy atom. The lowest BCUT2D eigenvalue weighted by molar-refractivity contribution is 0.416. The lowest BCUT2D eigenvalue weighted by Gasteiger charge is -2.15. The second-order valence-corrected chi connectivity index (χ2v) is 7.87. The van der Waals surface area contributed by atoms with Crippen LogP contribution in [0.1, 0.15) is 5.56 Å². The van der Waals surface area contributed by atoms with E-state index in [9.17, 15) is 8.42 Å². The van der Waals surface area contributed by atoms with Crippen molar-refractivity contribution in [1.29, 1.82) is 0 Å². The van der Waals surface area contributed by atoms with Crippen LogP contribution in [-0.4, -0.2) is 15.5 Å². The molecule has 0 amide bonds. The predicted molar refractivity (Wildman–Crippen MR) is 90.4 cm³/mol. The molecule has 21 heavy (non-hydrogen) atoms. The molecule has 0 aliphatic heterocycles. The first-order valence-corrected chi connectivity index (χ1v) is 9.03. The molecule has 1 N–H and O–H groups in total. The first kappa shape index (κ1) is 16.3. The minimum atomic E-state index is -3.66. The molecule has 0 atom stereocenters. The summed E-state index contributed by atoms with van der Waals surface area (Å²) in [5, 5.41) is 0. The van der Waals surface area contributed by atoms with E-state index < -0.39 is 10.0 Å². The third kappa shape index (κ3) is 3.78. The van der Waals surface area contributed by atoms with Gasteiger partial charge in [-0.3, -0.25) is 4.72 Å². The van der Waals surface area contributed by atoms with Crippen LogP contribution < -0.4 is 9.46 Å². The zero-order valence-electron chi connectivity index (χ0n) is 11.4. The lowest BCUT2D eigenvalue weighted by Crippen LogP contribution is -2.14. The molecule has 0 aliphatic rings. The summed E-state index contributed by atoms with van der Waals surface area (Å²) in [4.78, 5) is 0.190. The largest absolute Gasteiger partial charge is 0.495 e. The minimum absolute atomic E-state index is 0.190. The molecular formula is C14H13Br2NO3S. The number of ether oxygens (including phenoxy) is 1. The van der Waals surface area contributed by atoms with E-state index in [1.807, 2.05) is 13.0 Å². The number of benzene rings is 2. The highest BCUT2D eigenvalue weighted by Crippen LogP contribution is 2.33. The maximum Gasteiger partial charge on any atom is 0.262 e. The zero-order valence-corrected chi connectivity index (χ0v) is 15.3. The number of anilines is 1. The van der Waals surface area contributed by atoms with Crippen LogP contribution >= 0.6 is 31.9 Å². The molecule has 0 saturated carbocycles. The molecule has 4 nitrogen and oxygen atoms in total. The first-order valence-electron chi connectivity index (χ1n) is 5.96. The summed E-state index contributed by atoms with van der Waals surface area (Å²) in [5.41, 5.74) is 1.20. The van der Waals surface area contributed by atoms with Crippen molar-refractivity contribution in [2.24, 2.45) is 0 Å². The zero-order chi connectivity index (χ0) is 15.6. The molecule has 112 valence electrons. The van der Waals surface area contributed by atoms with Gasteiger partial charge in [0.25, 0.3) is 10.0 Å². The third-order valence-corrected chi connectivity index (χ3v) is 5.20. The minimum Gasteiger partial charge on any atom is -0.495 e. The standard InChI is InChI=1S/C14H13Br2NO3S/c1-9-7-11(16)8-13(20-2)14(9)17-21(18,19)12-5-3-10(15)4-6-12/h3-8,17H,1-2H3. The van der Waals surface area contributed by atoms with Gasteiger partial charge in [-0.15, -0.1) is 0 Å². The topological polar surface area (TPSA) is 55.4 Å². The van der Waals surface area contributed by atoms with E-state index in [1.165, 1.54) is 19.2 Å². The summed E-state index contributed by atoms with van der Waals surface area (Å²) >= 11 is 6.64. The molecule has 0 spiro atoms. The fourth-order valence-electron chi connectivity index (χ4n) is 1.81. The van der Waals surface area contributed by atoms with Gasteiger partial charge in [0.2, 0.25) is 0 Å². The number of sulfonamides is 1. The fraction of sp³-hybridized carbons (Fsp3) is 0.143. The Bertz CT molecular complexity index is 759. The molecule has 0 fully saturated rings. The van der Waals surface area contributed by atoms with Crippen LogP contribution in [-0.2, 0) is 10.0 Å².